The van der Waals surface area contributed by atoms with Gasteiger partial charge in [0, 0.05) is 24.3 Å². The molecular weight excluding hydrogens is 272 g/mol. The van der Waals surface area contributed by atoms with Crippen LogP contribution in [0.1, 0.15) is 19.8 Å². The number of carboxylic acids is 1. The van der Waals surface area contributed by atoms with Crippen molar-refractivity contribution in [1.29, 1.82) is 0 Å². The number of hydrogen-bond acceptors (Lipinski definition) is 4. The van der Waals surface area contributed by atoms with E-state index >= 15 is 0 Å². The van der Waals surface area contributed by atoms with Crippen LogP contribution in [0.3, 0.4) is 0 Å². The van der Waals surface area contributed by atoms with Crippen LogP contribution < -0.4 is 10.6 Å². The first-order valence-corrected chi connectivity index (χ1v) is 7.49. The van der Waals surface area contributed by atoms with Gasteiger partial charge in [0.15, 0.2) is 0 Å². The van der Waals surface area contributed by atoms with Gasteiger partial charge in [-0.15, -0.1) is 0 Å². The van der Waals surface area contributed by atoms with E-state index in [1.54, 1.807) is 0 Å². The molecule has 0 aromatic heterocycles. The lowest BCUT2D eigenvalue weighted by molar-refractivity contribution is -0.140. The van der Waals surface area contributed by atoms with E-state index in [0.29, 0.717) is 12.5 Å². The summed E-state index contributed by atoms with van der Waals surface area (Å²) >= 11 is 0. The van der Waals surface area contributed by atoms with Gasteiger partial charge < -0.3 is 15.7 Å². The molecule has 1 saturated carbocycles. The Bertz CT molecular complexity index is 395. The molecule has 2 atom stereocenters. The standard InChI is InChI=1S/C11H18N2O5S/c1-7(14)13-9(11(16)17)5-19(18)6-10(15)12-4-8-2-3-8/h8-9H,2-6H2,1H3,(H,12,15)(H,13,14)(H,16,17). The van der Waals surface area contributed by atoms with Gasteiger partial charge in [0.05, 0.1) is 5.75 Å². The van der Waals surface area contributed by atoms with E-state index in [-0.39, 0.29) is 17.4 Å². The van der Waals surface area contributed by atoms with Crippen LogP contribution in [0, 0.1) is 5.92 Å². The van der Waals surface area contributed by atoms with Crippen molar-refractivity contribution in [3.63, 3.8) is 0 Å². The fraction of sp³-hybridized carbons (Fsp3) is 0.727. The fourth-order valence-corrected chi connectivity index (χ4v) is 2.55. The highest BCUT2D eigenvalue weighted by molar-refractivity contribution is 7.85. The zero-order valence-electron chi connectivity index (χ0n) is 10.7. The Morgan fingerprint density at radius 2 is 2.00 bits per heavy atom. The molecule has 108 valence electrons. The van der Waals surface area contributed by atoms with Crippen molar-refractivity contribution in [2.45, 2.75) is 25.8 Å². The van der Waals surface area contributed by atoms with Crippen LogP contribution >= 0.6 is 0 Å². The van der Waals surface area contributed by atoms with Gasteiger partial charge in [-0.1, -0.05) is 0 Å². The maximum absolute atomic E-state index is 11.6. The molecule has 0 saturated heterocycles. The molecule has 1 rings (SSSR count). The van der Waals surface area contributed by atoms with Gasteiger partial charge >= 0.3 is 5.97 Å². The largest absolute Gasteiger partial charge is 0.480 e. The molecule has 1 fully saturated rings. The predicted octanol–water partition coefficient (Wildman–Crippen LogP) is -1.15. The number of amides is 2. The van der Waals surface area contributed by atoms with E-state index in [0.717, 1.165) is 12.8 Å². The predicted molar refractivity (Wildman–Crippen MR) is 68.9 cm³/mol. The van der Waals surface area contributed by atoms with E-state index in [9.17, 15) is 18.6 Å². The summed E-state index contributed by atoms with van der Waals surface area (Å²) in [5, 5.41) is 13.7. The molecule has 0 bridgehead atoms. The van der Waals surface area contributed by atoms with Crippen molar-refractivity contribution in [2.75, 3.05) is 18.1 Å². The molecule has 8 heteroatoms. The first kappa shape index (κ1) is 15.6. The highest BCUT2D eigenvalue weighted by Crippen LogP contribution is 2.27. The smallest absolute Gasteiger partial charge is 0.327 e. The SMILES string of the molecule is CC(=O)NC(CS(=O)CC(=O)NCC1CC1)C(=O)O. The van der Waals surface area contributed by atoms with Crippen LogP contribution in [0.25, 0.3) is 0 Å². The summed E-state index contributed by atoms with van der Waals surface area (Å²) in [6.45, 7) is 1.77. The molecule has 0 aromatic carbocycles. The molecule has 0 radical (unpaired) electrons. The second-order valence-corrected chi connectivity index (χ2v) is 6.09. The third-order valence-corrected chi connectivity index (χ3v) is 3.89. The number of rotatable bonds is 8. The second-order valence-electron chi connectivity index (χ2n) is 4.59. The maximum Gasteiger partial charge on any atom is 0.327 e. The monoisotopic (exact) mass is 290 g/mol. The van der Waals surface area contributed by atoms with Gasteiger partial charge in [-0.05, 0) is 18.8 Å². The lowest BCUT2D eigenvalue weighted by Gasteiger charge is -2.12. The average Bonchev–Trinajstić information content (AvgIpc) is 3.08. The van der Waals surface area contributed by atoms with E-state index in [4.69, 9.17) is 5.11 Å². The quantitative estimate of drug-likeness (QED) is 0.522. The number of carbonyl (C=O) groups is 3. The zero-order valence-corrected chi connectivity index (χ0v) is 11.5. The van der Waals surface area contributed by atoms with Gasteiger partial charge in [-0.3, -0.25) is 13.8 Å². The molecule has 0 aromatic rings. The lowest BCUT2D eigenvalue weighted by Crippen LogP contribution is -2.44. The normalized spacial score (nSPS) is 17.3. The number of carboxylic acid groups (broad SMARTS) is 1. The first-order chi connectivity index (χ1) is 8.88. The molecule has 0 spiro atoms. The van der Waals surface area contributed by atoms with Gasteiger partial charge in [-0.25, -0.2) is 4.79 Å². The summed E-state index contributed by atoms with van der Waals surface area (Å²) in [5.41, 5.74) is 0. The minimum Gasteiger partial charge on any atom is -0.480 e. The molecular formula is C11H18N2O5S. The third-order valence-electron chi connectivity index (χ3n) is 2.61. The molecule has 1 aliphatic rings. The molecule has 0 aliphatic heterocycles. The van der Waals surface area contributed by atoms with Crippen molar-refractivity contribution in [2.24, 2.45) is 5.92 Å². The van der Waals surface area contributed by atoms with Crippen molar-refractivity contribution < 1.29 is 23.7 Å². The van der Waals surface area contributed by atoms with E-state index in [1.165, 1.54) is 6.92 Å². The van der Waals surface area contributed by atoms with Gasteiger partial charge in [0.25, 0.3) is 0 Å². The molecule has 2 unspecified atom stereocenters. The van der Waals surface area contributed by atoms with Crippen molar-refractivity contribution in [1.82, 2.24) is 10.6 Å². The molecule has 0 heterocycles. The summed E-state index contributed by atoms with van der Waals surface area (Å²) in [4.78, 5) is 33.0. The zero-order chi connectivity index (χ0) is 14.4. The number of carbonyl (C=O) groups excluding carboxylic acids is 2. The number of nitrogens with one attached hydrogen (secondary N) is 2. The Balaban J connectivity index is 2.31. The van der Waals surface area contributed by atoms with Crippen molar-refractivity contribution in [3.05, 3.63) is 0 Å². The van der Waals surface area contributed by atoms with E-state index in [1.807, 2.05) is 0 Å². The number of hydrogen-bond donors (Lipinski definition) is 3. The molecule has 3 N–H and O–H groups in total. The van der Waals surface area contributed by atoms with Crippen molar-refractivity contribution in [3.8, 4) is 0 Å². The summed E-state index contributed by atoms with van der Waals surface area (Å²) in [5.74, 6) is -2.10. The maximum atomic E-state index is 11.6. The summed E-state index contributed by atoms with van der Waals surface area (Å²) in [7, 11) is -1.62. The molecule has 2 amide bonds. The minimum absolute atomic E-state index is 0.240. The van der Waals surface area contributed by atoms with Crippen LogP contribution in [0.2, 0.25) is 0 Å². The molecule has 7 nitrogen and oxygen atoms in total. The van der Waals surface area contributed by atoms with Crippen LogP contribution in [-0.2, 0) is 25.2 Å². The summed E-state index contributed by atoms with van der Waals surface area (Å²) < 4.78 is 11.6. The number of aliphatic carboxylic acids is 1. The Labute approximate surface area is 113 Å². The third kappa shape index (κ3) is 6.90. The van der Waals surface area contributed by atoms with Crippen LogP contribution in [0.4, 0.5) is 0 Å². The summed E-state index contributed by atoms with van der Waals surface area (Å²) in [6.07, 6.45) is 2.21. The van der Waals surface area contributed by atoms with Gasteiger partial charge in [-0.2, -0.15) is 0 Å². The molecule has 1 aliphatic carbocycles. The fourth-order valence-electron chi connectivity index (χ4n) is 1.44. The Morgan fingerprint density at radius 3 is 2.47 bits per heavy atom. The minimum atomic E-state index is -1.62. The van der Waals surface area contributed by atoms with Gasteiger partial charge in [0.1, 0.15) is 11.8 Å². The highest BCUT2D eigenvalue weighted by Gasteiger charge is 2.24. The Hall–Kier alpha value is -1.44. The second kappa shape index (κ2) is 7.22. The van der Waals surface area contributed by atoms with Crippen LogP contribution in [0.15, 0.2) is 0 Å². The Kier molecular flexibility index (Phi) is 5.94. The van der Waals surface area contributed by atoms with Crippen molar-refractivity contribution >= 4 is 28.6 Å². The first-order valence-electron chi connectivity index (χ1n) is 6.00. The Morgan fingerprint density at radius 1 is 1.37 bits per heavy atom. The average molecular weight is 290 g/mol. The van der Waals surface area contributed by atoms with E-state index < -0.39 is 28.7 Å². The molecule has 19 heavy (non-hydrogen) atoms. The summed E-state index contributed by atoms with van der Waals surface area (Å²) in [6, 6.07) is -1.23. The lowest BCUT2D eigenvalue weighted by atomic mass is 10.3. The van der Waals surface area contributed by atoms with Gasteiger partial charge in [0.2, 0.25) is 11.8 Å². The highest BCUT2D eigenvalue weighted by atomic mass is 32.2. The van der Waals surface area contributed by atoms with E-state index in [2.05, 4.69) is 10.6 Å². The topological polar surface area (TPSA) is 113 Å². The van der Waals surface area contributed by atoms with Crippen LogP contribution in [-0.4, -0.2) is 51.2 Å². The van der Waals surface area contributed by atoms with Crippen LogP contribution in [0.5, 0.6) is 0 Å².